The lowest BCUT2D eigenvalue weighted by Gasteiger charge is -2.40. The third-order valence-corrected chi connectivity index (χ3v) is 8.02. The van der Waals surface area contributed by atoms with Crippen molar-refractivity contribution in [3.8, 4) is 0 Å². The number of likely N-dealkylation sites (tertiary alicyclic amines) is 2. The maximum Gasteiger partial charge on any atom is 0.0704 e. The Bertz CT molecular complexity index is 541. The summed E-state index contributed by atoms with van der Waals surface area (Å²) in [6.07, 6.45) is 11.2. The van der Waals surface area contributed by atoms with Gasteiger partial charge in [0.25, 0.3) is 0 Å². The molecule has 34 heavy (non-hydrogen) atoms. The minimum Gasteiger partial charge on any atom is -0.383 e. The molecule has 4 fully saturated rings. The van der Waals surface area contributed by atoms with E-state index in [4.69, 9.17) is 28.4 Å². The maximum atomic E-state index is 6.28. The van der Waals surface area contributed by atoms with Gasteiger partial charge in [0.1, 0.15) is 0 Å². The van der Waals surface area contributed by atoms with Gasteiger partial charge in [-0.1, -0.05) is 0 Å². The van der Waals surface area contributed by atoms with Crippen LogP contribution in [0.15, 0.2) is 0 Å². The van der Waals surface area contributed by atoms with E-state index in [1.807, 2.05) is 0 Å². The van der Waals surface area contributed by atoms with Crippen molar-refractivity contribution in [1.82, 2.24) is 9.80 Å². The molecule has 0 aromatic carbocycles. The van der Waals surface area contributed by atoms with E-state index in [9.17, 15) is 0 Å². The summed E-state index contributed by atoms with van der Waals surface area (Å²) in [6, 6.07) is 0. The van der Waals surface area contributed by atoms with E-state index in [0.29, 0.717) is 49.8 Å². The molecule has 0 N–H and O–H groups in total. The predicted molar refractivity (Wildman–Crippen MR) is 130 cm³/mol. The molecule has 2 aliphatic heterocycles. The number of ether oxygens (including phenoxy) is 6. The Labute approximate surface area is 206 Å². The van der Waals surface area contributed by atoms with Crippen LogP contribution in [0.2, 0.25) is 0 Å². The first-order valence-corrected chi connectivity index (χ1v) is 13.7. The zero-order valence-electron chi connectivity index (χ0n) is 21.5. The van der Waals surface area contributed by atoms with E-state index in [1.165, 1.54) is 0 Å². The number of hydrogen-bond donors (Lipinski definition) is 0. The van der Waals surface area contributed by atoms with Gasteiger partial charge in [-0.25, -0.2) is 0 Å². The average Bonchev–Trinajstić information content (AvgIpc) is 2.81. The molecule has 0 aromatic rings. The Morgan fingerprint density at radius 2 is 1.09 bits per heavy atom. The number of nitrogens with zero attached hydrogens (tertiary/aromatic N) is 2. The van der Waals surface area contributed by atoms with Gasteiger partial charge in [0, 0.05) is 53.5 Å². The standard InChI is InChI=1S/C26H48N2O6/c1-29-13-11-27-7-3-22(4-8-27)34-26-19-24(20-26)32-16-15-31-14-12-28-9-5-21(6-10-28)33-25-17-23(18-25)30-2/h21-26H,3-20H2,1-2H3. The van der Waals surface area contributed by atoms with Crippen molar-refractivity contribution in [2.24, 2.45) is 0 Å². The molecular weight excluding hydrogens is 436 g/mol. The van der Waals surface area contributed by atoms with Crippen LogP contribution in [0.25, 0.3) is 0 Å². The molecule has 0 atom stereocenters. The monoisotopic (exact) mass is 484 g/mol. The lowest BCUT2D eigenvalue weighted by atomic mass is 9.91. The van der Waals surface area contributed by atoms with Crippen LogP contribution in [0.3, 0.4) is 0 Å². The second-order valence-corrected chi connectivity index (χ2v) is 10.5. The Morgan fingerprint density at radius 1 is 0.559 bits per heavy atom. The number of piperidine rings is 2. The van der Waals surface area contributed by atoms with E-state index in [2.05, 4.69) is 9.80 Å². The van der Waals surface area contributed by atoms with Crippen LogP contribution in [0, 0.1) is 0 Å². The Balaban J connectivity index is 0.922. The second-order valence-electron chi connectivity index (χ2n) is 10.5. The van der Waals surface area contributed by atoms with Gasteiger partial charge in [0.15, 0.2) is 0 Å². The van der Waals surface area contributed by atoms with Crippen molar-refractivity contribution in [3.63, 3.8) is 0 Å². The molecule has 2 heterocycles. The smallest absolute Gasteiger partial charge is 0.0704 e. The van der Waals surface area contributed by atoms with Crippen LogP contribution in [-0.4, -0.2) is 126 Å². The van der Waals surface area contributed by atoms with Crippen LogP contribution in [-0.2, 0) is 28.4 Å². The highest BCUT2D eigenvalue weighted by Gasteiger charge is 2.34. The quantitative estimate of drug-likeness (QED) is 0.328. The molecular formula is C26H48N2O6. The number of rotatable bonds is 15. The maximum absolute atomic E-state index is 6.28. The summed E-state index contributed by atoms with van der Waals surface area (Å²) in [6.45, 7) is 9.49. The third-order valence-electron chi connectivity index (χ3n) is 8.02. The van der Waals surface area contributed by atoms with Crippen molar-refractivity contribution < 1.29 is 28.4 Å². The molecule has 4 aliphatic rings. The summed E-state index contributed by atoms with van der Waals surface area (Å²) in [7, 11) is 3.56. The van der Waals surface area contributed by atoms with E-state index in [0.717, 1.165) is 104 Å². The highest BCUT2D eigenvalue weighted by molar-refractivity contribution is 4.84. The van der Waals surface area contributed by atoms with Gasteiger partial charge in [-0.05, 0) is 51.4 Å². The highest BCUT2D eigenvalue weighted by atomic mass is 16.5. The van der Waals surface area contributed by atoms with Crippen LogP contribution in [0.5, 0.6) is 0 Å². The minimum atomic E-state index is 0.351. The van der Waals surface area contributed by atoms with E-state index >= 15 is 0 Å². The summed E-state index contributed by atoms with van der Waals surface area (Å²) in [5, 5.41) is 0. The first-order chi connectivity index (χ1) is 16.7. The molecule has 2 aliphatic carbocycles. The molecule has 0 amide bonds. The fraction of sp³-hybridized carbons (Fsp3) is 1.00. The van der Waals surface area contributed by atoms with Gasteiger partial charge in [-0.15, -0.1) is 0 Å². The van der Waals surface area contributed by atoms with E-state index in [-0.39, 0.29) is 0 Å². The fourth-order valence-electron chi connectivity index (χ4n) is 5.46. The normalized spacial score (nSPS) is 31.9. The van der Waals surface area contributed by atoms with Crippen molar-refractivity contribution >= 4 is 0 Å². The van der Waals surface area contributed by atoms with Crippen molar-refractivity contribution in [1.29, 1.82) is 0 Å². The summed E-state index contributed by atoms with van der Waals surface area (Å²) in [5.41, 5.74) is 0. The van der Waals surface area contributed by atoms with Crippen molar-refractivity contribution in [2.75, 3.05) is 79.9 Å². The second kappa shape index (κ2) is 14.4. The summed E-state index contributed by atoms with van der Waals surface area (Å²) in [5.74, 6) is 0. The number of methoxy groups -OCH3 is 2. The third kappa shape index (κ3) is 8.66. The molecule has 0 radical (unpaired) electrons. The first-order valence-electron chi connectivity index (χ1n) is 13.7. The Morgan fingerprint density at radius 3 is 1.62 bits per heavy atom. The molecule has 0 unspecified atom stereocenters. The van der Waals surface area contributed by atoms with Crippen LogP contribution < -0.4 is 0 Å². The predicted octanol–water partition coefficient (Wildman–Crippen LogP) is 2.34. The lowest BCUT2D eigenvalue weighted by Crippen LogP contribution is -2.44. The van der Waals surface area contributed by atoms with E-state index in [1.54, 1.807) is 14.2 Å². The molecule has 2 saturated carbocycles. The van der Waals surface area contributed by atoms with Crippen molar-refractivity contribution in [3.05, 3.63) is 0 Å². The lowest BCUT2D eigenvalue weighted by molar-refractivity contribution is -0.140. The molecule has 8 heteroatoms. The van der Waals surface area contributed by atoms with Crippen LogP contribution in [0.1, 0.15) is 51.4 Å². The van der Waals surface area contributed by atoms with E-state index < -0.39 is 0 Å². The van der Waals surface area contributed by atoms with Crippen LogP contribution in [0.4, 0.5) is 0 Å². The van der Waals surface area contributed by atoms with Gasteiger partial charge in [0.05, 0.1) is 63.1 Å². The largest absolute Gasteiger partial charge is 0.383 e. The summed E-state index contributed by atoms with van der Waals surface area (Å²) < 4.78 is 34.8. The van der Waals surface area contributed by atoms with Gasteiger partial charge < -0.3 is 38.2 Å². The molecule has 0 spiro atoms. The molecule has 0 aromatic heterocycles. The average molecular weight is 485 g/mol. The SMILES string of the molecule is COCCN1CCC(OC2CC(OCCOCCN3CCC(OC4CC(OC)C4)CC3)C2)CC1. The topological polar surface area (TPSA) is 61.9 Å². The minimum absolute atomic E-state index is 0.351. The molecule has 8 nitrogen and oxygen atoms in total. The van der Waals surface area contributed by atoms with Gasteiger partial charge >= 0.3 is 0 Å². The van der Waals surface area contributed by atoms with Gasteiger partial charge in [-0.2, -0.15) is 0 Å². The Hall–Kier alpha value is -0.320. The first kappa shape index (κ1) is 26.7. The van der Waals surface area contributed by atoms with Gasteiger partial charge in [-0.3, -0.25) is 0 Å². The Kier molecular flexibility index (Phi) is 11.3. The summed E-state index contributed by atoms with van der Waals surface area (Å²) in [4.78, 5) is 4.97. The summed E-state index contributed by atoms with van der Waals surface area (Å²) >= 11 is 0. The highest BCUT2D eigenvalue weighted by Crippen LogP contribution is 2.30. The van der Waals surface area contributed by atoms with Crippen LogP contribution >= 0.6 is 0 Å². The zero-order valence-corrected chi connectivity index (χ0v) is 21.5. The molecule has 2 saturated heterocycles. The van der Waals surface area contributed by atoms with Gasteiger partial charge in [0.2, 0.25) is 0 Å². The molecule has 198 valence electrons. The zero-order chi connectivity index (χ0) is 23.6. The molecule has 0 bridgehead atoms. The number of hydrogen-bond acceptors (Lipinski definition) is 8. The fourth-order valence-corrected chi connectivity index (χ4v) is 5.46. The molecule has 4 rings (SSSR count). The van der Waals surface area contributed by atoms with Crippen molar-refractivity contribution in [2.45, 2.75) is 88.0 Å².